The third-order valence-corrected chi connectivity index (χ3v) is 7.16. The van der Waals surface area contributed by atoms with E-state index in [9.17, 15) is 18.3 Å². The van der Waals surface area contributed by atoms with E-state index in [1.54, 1.807) is 12.1 Å². The first-order valence-electron chi connectivity index (χ1n) is 7.75. The molecule has 0 spiro atoms. The van der Waals surface area contributed by atoms with Crippen LogP contribution in [0.2, 0.25) is 15.1 Å². The van der Waals surface area contributed by atoms with Gasteiger partial charge in [0.15, 0.2) is 5.75 Å². The van der Waals surface area contributed by atoms with Gasteiger partial charge in [0, 0.05) is 13.1 Å². The molecule has 1 heterocycles. The minimum atomic E-state index is -3.95. The Morgan fingerprint density at radius 2 is 1.67 bits per heavy atom. The molecule has 2 aromatic carbocycles. The minimum absolute atomic E-state index is 0.117. The standard InChI is InChI=1S/C16H14Cl3N3O4S/c17-9-3-1-4-11(13(9)19)20-16(24)21-12-6-5-10(18)15(14(12)23)27(25,26)22-7-2-8-22/h1,3-6,23H,2,7-8H2,(H2,20,21,24). The fraction of sp³-hybridized carbons (Fsp3) is 0.188. The lowest BCUT2D eigenvalue weighted by atomic mass is 10.3. The highest BCUT2D eigenvalue weighted by Gasteiger charge is 2.34. The fourth-order valence-electron chi connectivity index (χ4n) is 2.43. The number of phenols is 1. The number of anilines is 2. The number of hydrogen-bond donors (Lipinski definition) is 3. The average Bonchev–Trinajstić information content (AvgIpc) is 2.52. The molecule has 144 valence electrons. The number of rotatable bonds is 4. The van der Waals surface area contributed by atoms with Crippen molar-refractivity contribution in [1.29, 1.82) is 0 Å². The molecule has 2 aromatic rings. The average molecular weight is 451 g/mol. The highest BCUT2D eigenvalue weighted by atomic mass is 35.5. The van der Waals surface area contributed by atoms with Crippen LogP contribution in [-0.4, -0.2) is 37.0 Å². The van der Waals surface area contributed by atoms with Gasteiger partial charge in [0.25, 0.3) is 0 Å². The van der Waals surface area contributed by atoms with E-state index in [0.29, 0.717) is 13.1 Å². The third-order valence-electron chi connectivity index (χ3n) is 3.94. The van der Waals surface area contributed by atoms with E-state index in [2.05, 4.69) is 10.6 Å². The highest BCUT2D eigenvalue weighted by molar-refractivity contribution is 7.89. The smallest absolute Gasteiger partial charge is 0.323 e. The van der Waals surface area contributed by atoms with Crippen molar-refractivity contribution in [2.24, 2.45) is 0 Å². The summed E-state index contributed by atoms with van der Waals surface area (Å²) in [6, 6.07) is 6.53. The van der Waals surface area contributed by atoms with Gasteiger partial charge in [-0.3, -0.25) is 0 Å². The molecule has 7 nitrogen and oxygen atoms in total. The molecule has 1 saturated heterocycles. The molecule has 0 bridgehead atoms. The van der Waals surface area contributed by atoms with Crippen LogP contribution in [0.4, 0.5) is 16.2 Å². The number of sulfonamides is 1. The molecule has 1 fully saturated rings. The number of carbonyl (C=O) groups excluding carboxylic acids is 1. The summed E-state index contributed by atoms with van der Waals surface area (Å²) >= 11 is 17.9. The van der Waals surface area contributed by atoms with Gasteiger partial charge >= 0.3 is 6.03 Å². The SMILES string of the molecule is O=C(Nc1ccc(Cl)c(S(=O)(=O)N2CCC2)c1O)Nc1cccc(Cl)c1Cl. The molecule has 27 heavy (non-hydrogen) atoms. The van der Waals surface area contributed by atoms with Crippen LogP contribution in [0.1, 0.15) is 6.42 Å². The van der Waals surface area contributed by atoms with Crippen LogP contribution < -0.4 is 10.6 Å². The van der Waals surface area contributed by atoms with Crippen molar-refractivity contribution in [1.82, 2.24) is 4.31 Å². The lowest BCUT2D eigenvalue weighted by molar-refractivity contribution is 0.262. The normalized spacial score (nSPS) is 14.5. The van der Waals surface area contributed by atoms with Gasteiger partial charge in [-0.1, -0.05) is 40.9 Å². The summed E-state index contributed by atoms with van der Waals surface area (Å²) in [6.07, 6.45) is 0.734. The Morgan fingerprint density at radius 1 is 1.00 bits per heavy atom. The molecule has 1 aliphatic rings. The zero-order chi connectivity index (χ0) is 19.8. The first kappa shape index (κ1) is 20.0. The predicted molar refractivity (Wildman–Crippen MR) is 106 cm³/mol. The summed E-state index contributed by atoms with van der Waals surface area (Å²) in [6.45, 7) is 0.701. The molecule has 2 amide bonds. The van der Waals surface area contributed by atoms with E-state index in [1.165, 1.54) is 22.5 Å². The number of halogens is 3. The summed E-state index contributed by atoms with van der Waals surface area (Å²) in [5, 5.41) is 15.5. The highest BCUT2D eigenvalue weighted by Crippen LogP contribution is 2.39. The number of benzene rings is 2. The molecular weight excluding hydrogens is 437 g/mol. The van der Waals surface area contributed by atoms with Crippen LogP contribution >= 0.6 is 34.8 Å². The van der Waals surface area contributed by atoms with Gasteiger partial charge < -0.3 is 15.7 Å². The second kappa shape index (κ2) is 7.73. The number of urea groups is 1. The number of amides is 2. The number of nitrogens with one attached hydrogen (secondary N) is 2. The Kier molecular flexibility index (Phi) is 5.73. The van der Waals surface area contributed by atoms with Gasteiger partial charge in [-0.2, -0.15) is 4.31 Å². The Balaban J connectivity index is 1.86. The lowest BCUT2D eigenvalue weighted by Gasteiger charge is -2.30. The van der Waals surface area contributed by atoms with Gasteiger partial charge in [0.2, 0.25) is 10.0 Å². The van der Waals surface area contributed by atoms with E-state index in [0.717, 1.165) is 6.42 Å². The van der Waals surface area contributed by atoms with E-state index < -0.39 is 26.7 Å². The Hall–Kier alpha value is -1.71. The van der Waals surface area contributed by atoms with Gasteiger partial charge in [0.1, 0.15) is 4.90 Å². The van der Waals surface area contributed by atoms with Gasteiger partial charge in [0.05, 0.1) is 26.4 Å². The number of nitrogens with zero attached hydrogens (tertiary/aromatic N) is 1. The monoisotopic (exact) mass is 449 g/mol. The summed E-state index contributed by atoms with van der Waals surface area (Å²) < 4.78 is 26.4. The summed E-state index contributed by atoms with van der Waals surface area (Å²) in [4.78, 5) is 11.8. The first-order chi connectivity index (χ1) is 12.7. The largest absolute Gasteiger partial charge is 0.504 e. The van der Waals surface area contributed by atoms with Gasteiger partial charge in [-0.25, -0.2) is 13.2 Å². The van der Waals surface area contributed by atoms with Crippen molar-refractivity contribution >= 4 is 62.2 Å². The van der Waals surface area contributed by atoms with Crippen LogP contribution in [-0.2, 0) is 10.0 Å². The molecule has 0 aliphatic carbocycles. The third kappa shape index (κ3) is 3.95. The zero-order valence-corrected chi connectivity index (χ0v) is 16.8. The topological polar surface area (TPSA) is 98.7 Å². The van der Waals surface area contributed by atoms with Crippen molar-refractivity contribution in [2.75, 3.05) is 23.7 Å². The van der Waals surface area contributed by atoms with Crippen LogP contribution in [0.3, 0.4) is 0 Å². The summed E-state index contributed by atoms with van der Waals surface area (Å²) in [7, 11) is -3.95. The molecule has 1 aliphatic heterocycles. The molecule has 0 atom stereocenters. The fourth-order valence-corrected chi connectivity index (χ4v) is 4.88. The molecule has 3 rings (SSSR count). The first-order valence-corrected chi connectivity index (χ1v) is 10.3. The number of phenolic OH excluding ortho intramolecular Hbond substituents is 1. The van der Waals surface area contributed by atoms with Crippen LogP contribution in [0, 0.1) is 0 Å². The summed E-state index contributed by atoms with van der Waals surface area (Å²) in [5.74, 6) is -0.637. The van der Waals surface area contributed by atoms with Crippen LogP contribution in [0.25, 0.3) is 0 Å². The predicted octanol–water partition coefficient (Wildman–Crippen LogP) is 4.39. The van der Waals surface area contributed by atoms with E-state index in [4.69, 9.17) is 34.8 Å². The zero-order valence-electron chi connectivity index (χ0n) is 13.7. The summed E-state index contributed by atoms with van der Waals surface area (Å²) in [5.41, 5.74) is 0.137. The van der Waals surface area contributed by atoms with Crippen molar-refractivity contribution in [3.05, 3.63) is 45.4 Å². The molecule has 11 heteroatoms. The van der Waals surface area contributed by atoms with Crippen molar-refractivity contribution in [3.8, 4) is 5.75 Å². The second-order valence-corrected chi connectivity index (χ2v) is 8.78. The molecular formula is C16H14Cl3N3O4S. The Morgan fingerprint density at radius 3 is 2.30 bits per heavy atom. The number of aromatic hydroxyl groups is 1. The molecule has 3 N–H and O–H groups in total. The van der Waals surface area contributed by atoms with E-state index in [1.807, 2.05) is 0 Å². The quantitative estimate of drug-likeness (QED) is 0.602. The van der Waals surface area contributed by atoms with Gasteiger partial charge in [-0.05, 0) is 30.7 Å². The molecule has 0 saturated carbocycles. The van der Waals surface area contributed by atoms with Crippen LogP contribution in [0.15, 0.2) is 35.2 Å². The molecule has 0 radical (unpaired) electrons. The molecule has 0 aromatic heterocycles. The number of hydrogen-bond acceptors (Lipinski definition) is 4. The second-order valence-electron chi connectivity index (χ2n) is 5.71. The Bertz CT molecular complexity index is 1010. The van der Waals surface area contributed by atoms with Crippen molar-refractivity contribution in [3.63, 3.8) is 0 Å². The van der Waals surface area contributed by atoms with Gasteiger partial charge in [-0.15, -0.1) is 0 Å². The lowest BCUT2D eigenvalue weighted by Crippen LogP contribution is -2.42. The van der Waals surface area contributed by atoms with Crippen LogP contribution in [0.5, 0.6) is 5.75 Å². The van der Waals surface area contributed by atoms with E-state index in [-0.39, 0.29) is 26.4 Å². The van der Waals surface area contributed by atoms with E-state index >= 15 is 0 Å². The maximum absolute atomic E-state index is 12.6. The minimum Gasteiger partial charge on any atom is -0.504 e. The maximum Gasteiger partial charge on any atom is 0.323 e. The molecule has 0 unspecified atom stereocenters. The Labute approximate surface area is 170 Å². The van der Waals surface area contributed by atoms with Crippen molar-refractivity contribution < 1.29 is 18.3 Å². The number of carbonyl (C=O) groups is 1. The maximum atomic E-state index is 12.6. The van der Waals surface area contributed by atoms with Crippen molar-refractivity contribution in [2.45, 2.75) is 11.3 Å².